The first kappa shape index (κ1) is 25.9. The highest BCUT2D eigenvalue weighted by Gasteiger charge is 2.59. The Hall–Kier alpha value is -2.76. The number of benzene rings is 1. The summed E-state index contributed by atoms with van der Waals surface area (Å²) in [6.07, 6.45) is 12.5. The fourth-order valence-electron chi connectivity index (χ4n) is 7.07. The highest BCUT2D eigenvalue weighted by atomic mass is 16.7. The Bertz CT molecular complexity index is 1120. The van der Waals surface area contributed by atoms with Crippen molar-refractivity contribution in [3.8, 4) is 11.5 Å². The molecule has 1 aromatic carbocycles. The van der Waals surface area contributed by atoms with Crippen molar-refractivity contribution in [2.24, 2.45) is 22.9 Å². The van der Waals surface area contributed by atoms with Crippen LogP contribution in [0.15, 0.2) is 35.6 Å². The van der Waals surface area contributed by atoms with Crippen molar-refractivity contribution in [3.05, 3.63) is 52.8 Å². The lowest BCUT2D eigenvalue weighted by Crippen LogP contribution is -2.61. The largest absolute Gasteiger partial charge is 0.497 e. The molecule has 2 aliphatic carbocycles. The molecule has 37 heavy (non-hydrogen) atoms. The SMILES string of the molecule is CCC1CC(CC)C2(ON=C(c3cc4c(cn3)CCCC4)N2Cc2ccc(OC)cc2OC)C(CC)C1. The van der Waals surface area contributed by atoms with Crippen LogP contribution >= 0.6 is 0 Å². The number of nitrogens with zero attached hydrogens (tertiary/aromatic N) is 3. The summed E-state index contributed by atoms with van der Waals surface area (Å²) in [5.41, 5.74) is 4.34. The van der Waals surface area contributed by atoms with Gasteiger partial charge in [-0.25, -0.2) is 0 Å². The van der Waals surface area contributed by atoms with Gasteiger partial charge >= 0.3 is 0 Å². The smallest absolute Gasteiger partial charge is 0.217 e. The van der Waals surface area contributed by atoms with Gasteiger partial charge in [-0.05, 0) is 86.6 Å². The van der Waals surface area contributed by atoms with Gasteiger partial charge in [0.1, 0.15) is 17.2 Å². The third-order valence-corrected chi connectivity index (χ3v) is 9.20. The van der Waals surface area contributed by atoms with Gasteiger partial charge in [0.15, 0.2) is 5.84 Å². The van der Waals surface area contributed by atoms with Gasteiger partial charge in [0.2, 0.25) is 5.72 Å². The van der Waals surface area contributed by atoms with Crippen LogP contribution in [-0.4, -0.2) is 35.7 Å². The van der Waals surface area contributed by atoms with E-state index in [4.69, 9.17) is 24.5 Å². The molecule has 0 bridgehead atoms. The number of hydrogen-bond donors (Lipinski definition) is 0. The molecule has 1 fully saturated rings. The molecule has 1 spiro atoms. The Labute approximate surface area is 222 Å². The van der Waals surface area contributed by atoms with Crippen LogP contribution in [-0.2, 0) is 24.2 Å². The highest BCUT2D eigenvalue weighted by molar-refractivity contribution is 5.98. The maximum atomic E-state index is 6.70. The van der Waals surface area contributed by atoms with E-state index < -0.39 is 5.72 Å². The van der Waals surface area contributed by atoms with Gasteiger partial charge in [-0.3, -0.25) is 4.98 Å². The van der Waals surface area contributed by atoms with Crippen LogP contribution in [0, 0.1) is 17.8 Å². The number of amidine groups is 1. The molecule has 0 amide bonds. The molecule has 0 N–H and O–H groups in total. The topological polar surface area (TPSA) is 56.2 Å². The molecule has 2 unspecified atom stereocenters. The van der Waals surface area contributed by atoms with Crippen LogP contribution in [0.5, 0.6) is 11.5 Å². The van der Waals surface area contributed by atoms with E-state index in [0.29, 0.717) is 18.4 Å². The van der Waals surface area contributed by atoms with Crippen LogP contribution < -0.4 is 9.47 Å². The van der Waals surface area contributed by atoms with Gasteiger partial charge < -0.3 is 19.2 Å². The van der Waals surface area contributed by atoms with E-state index >= 15 is 0 Å². The van der Waals surface area contributed by atoms with Crippen molar-refractivity contribution < 1.29 is 14.3 Å². The van der Waals surface area contributed by atoms with Gasteiger partial charge in [-0.2, -0.15) is 0 Å². The lowest BCUT2D eigenvalue weighted by molar-refractivity contribution is -0.206. The predicted octanol–water partition coefficient (Wildman–Crippen LogP) is 6.74. The lowest BCUT2D eigenvalue weighted by Gasteiger charge is -2.52. The first-order valence-electron chi connectivity index (χ1n) is 14.3. The van der Waals surface area contributed by atoms with E-state index in [1.807, 2.05) is 12.1 Å². The maximum Gasteiger partial charge on any atom is 0.217 e. The first-order chi connectivity index (χ1) is 18.1. The second-order valence-electron chi connectivity index (χ2n) is 11.0. The Kier molecular flexibility index (Phi) is 7.64. The summed E-state index contributed by atoms with van der Waals surface area (Å²) >= 11 is 0. The van der Waals surface area contributed by atoms with Gasteiger partial charge in [-0.1, -0.05) is 32.3 Å². The molecule has 6 nitrogen and oxygen atoms in total. The lowest BCUT2D eigenvalue weighted by atomic mass is 9.65. The molecular weight excluding hydrogens is 462 g/mol. The van der Waals surface area contributed by atoms with E-state index in [9.17, 15) is 0 Å². The third kappa shape index (κ3) is 4.57. The van der Waals surface area contributed by atoms with Crippen LogP contribution in [0.25, 0.3) is 0 Å². The Morgan fingerprint density at radius 1 is 0.946 bits per heavy atom. The summed E-state index contributed by atoms with van der Waals surface area (Å²) < 4.78 is 11.3. The van der Waals surface area contributed by atoms with Gasteiger partial charge in [0.05, 0.1) is 20.8 Å². The van der Waals surface area contributed by atoms with Crippen molar-refractivity contribution in [2.75, 3.05) is 14.2 Å². The van der Waals surface area contributed by atoms with E-state index in [2.05, 4.69) is 44.0 Å². The molecule has 5 rings (SSSR count). The number of oxime groups is 1. The van der Waals surface area contributed by atoms with E-state index in [-0.39, 0.29) is 0 Å². The quantitative estimate of drug-likeness (QED) is 0.398. The fraction of sp³-hybridized carbons (Fsp3) is 0.613. The Morgan fingerprint density at radius 2 is 1.68 bits per heavy atom. The van der Waals surface area contributed by atoms with Crippen LogP contribution in [0.2, 0.25) is 0 Å². The molecule has 1 saturated carbocycles. The van der Waals surface area contributed by atoms with Crippen molar-refractivity contribution >= 4 is 5.84 Å². The second kappa shape index (κ2) is 10.9. The number of rotatable bonds is 8. The average Bonchev–Trinajstić information content (AvgIpc) is 3.31. The van der Waals surface area contributed by atoms with Crippen LogP contribution in [0.1, 0.15) is 88.1 Å². The molecule has 3 aliphatic rings. The monoisotopic (exact) mass is 505 g/mol. The molecule has 1 aromatic heterocycles. The van der Waals surface area contributed by atoms with Crippen LogP contribution in [0.3, 0.4) is 0 Å². The average molecular weight is 506 g/mol. The van der Waals surface area contributed by atoms with Crippen molar-refractivity contribution in [2.45, 2.75) is 90.8 Å². The molecule has 0 saturated heterocycles. The summed E-state index contributed by atoms with van der Waals surface area (Å²) in [5, 5.41) is 4.86. The zero-order chi connectivity index (χ0) is 26.0. The zero-order valence-corrected chi connectivity index (χ0v) is 23.3. The minimum atomic E-state index is -0.479. The van der Waals surface area contributed by atoms with Gasteiger partial charge in [0, 0.05) is 29.7 Å². The molecule has 200 valence electrons. The third-order valence-electron chi connectivity index (χ3n) is 9.20. The van der Waals surface area contributed by atoms with Crippen molar-refractivity contribution in [3.63, 3.8) is 0 Å². The minimum Gasteiger partial charge on any atom is -0.497 e. The summed E-state index contributed by atoms with van der Waals surface area (Å²) in [6, 6.07) is 8.36. The normalized spacial score (nSPS) is 27.0. The zero-order valence-electron chi connectivity index (χ0n) is 23.3. The number of fused-ring (bicyclic) bond motifs is 1. The van der Waals surface area contributed by atoms with Crippen molar-refractivity contribution in [1.82, 2.24) is 9.88 Å². The predicted molar refractivity (Wildman–Crippen MR) is 147 cm³/mol. The molecule has 2 heterocycles. The summed E-state index contributed by atoms with van der Waals surface area (Å²) in [7, 11) is 3.42. The standard InChI is InChI=1S/C31H43N3O3/c1-6-21-15-25(7-2)31(26(8-3)16-21)34(20-24-13-14-27(35-4)18-29(24)36-5)30(33-37-31)28-17-22-11-9-10-12-23(22)19-32-28/h13-14,17-19,21,25-26H,6-12,15-16,20H2,1-5H3. The molecular formula is C31H43N3O3. The summed E-state index contributed by atoms with van der Waals surface area (Å²) in [5.74, 6) is 3.98. The first-order valence-corrected chi connectivity index (χ1v) is 14.3. The molecule has 2 aromatic rings. The fourth-order valence-corrected chi connectivity index (χ4v) is 7.07. The molecule has 6 heteroatoms. The van der Waals surface area contributed by atoms with E-state index in [1.165, 1.54) is 43.2 Å². The number of aromatic nitrogens is 1. The Balaban J connectivity index is 1.60. The molecule has 0 radical (unpaired) electrons. The van der Waals surface area contributed by atoms with E-state index in [0.717, 1.165) is 60.2 Å². The van der Waals surface area contributed by atoms with Gasteiger partial charge in [-0.15, -0.1) is 0 Å². The van der Waals surface area contributed by atoms with Crippen molar-refractivity contribution in [1.29, 1.82) is 0 Å². The maximum absolute atomic E-state index is 6.70. The molecule has 1 aliphatic heterocycles. The molecule has 2 atom stereocenters. The number of aryl methyl sites for hydroxylation is 2. The van der Waals surface area contributed by atoms with Crippen LogP contribution in [0.4, 0.5) is 0 Å². The second-order valence-corrected chi connectivity index (χ2v) is 11.0. The minimum absolute atomic E-state index is 0.388. The number of hydrogen-bond acceptors (Lipinski definition) is 6. The highest BCUT2D eigenvalue weighted by Crippen LogP contribution is 2.52. The number of ether oxygens (including phenoxy) is 2. The summed E-state index contributed by atoms with van der Waals surface area (Å²) in [6.45, 7) is 7.59. The van der Waals surface area contributed by atoms with E-state index in [1.54, 1.807) is 14.2 Å². The van der Waals surface area contributed by atoms with Gasteiger partial charge in [0.25, 0.3) is 0 Å². The number of pyridine rings is 1. The Morgan fingerprint density at radius 3 is 2.32 bits per heavy atom. The summed E-state index contributed by atoms with van der Waals surface area (Å²) in [4.78, 5) is 14.1. The number of methoxy groups -OCH3 is 2.